The molecule has 1 unspecified atom stereocenters. The molecule has 1 aliphatic carbocycles. The number of carbonyl (C=O) groups is 1. The molecule has 2 saturated heterocycles. The Balaban J connectivity index is 1.50. The van der Waals surface area contributed by atoms with Crippen LogP contribution in [0.25, 0.3) is 0 Å². The molecule has 1 saturated carbocycles. The monoisotopic (exact) mass is 381 g/mol. The van der Waals surface area contributed by atoms with Crippen LogP contribution < -0.4 is 4.90 Å². The Bertz CT molecular complexity index is 695. The molecule has 1 atom stereocenters. The first-order chi connectivity index (χ1) is 12.5. The van der Waals surface area contributed by atoms with E-state index < -0.39 is 11.2 Å². The van der Waals surface area contributed by atoms with Crippen molar-refractivity contribution in [3.8, 4) is 0 Å². The maximum absolute atomic E-state index is 14.3. The van der Waals surface area contributed by atoms with E-state index in [1.807, 2.05) is 9.80 Å². The van der Waals surface area contributed by atoms with E-state index in [0.29, 0.717) is 18.9 Å². The molecule has 26 heavy (non-hydrogen) atoms. The summed E-state index contributed by atoms with van der Waals surface area (Å²) in [7, 11) is 0. The van der Waals surface area contributed by atoms with E-state index in [2.05, 4.69) is 4.98 Å². The van der Waals surface area contributed by atoms with Gasteiger partial charge >= 0.3 is 0 Å². The smallest absolute Gasteiger partial charge is 0.230 e. The average Bonchev–Trinajstić information content (AvgIpc) is 2.92. The predicted octanol–water partition coefficient (Wildman–Crippen LogP) is 3.00. The number of likely N-dealkylation sites (tertiary alicyclic amines) is 1. The quantitative estimate of drug-likeness (QED) is 0.855. The van der Waals surface area contributed by atoms with Crippen molar-refractivity contribution in [2.45, 2.75) is 57.1 Å². The van der Waals surface area contributed by atoms with Crippen molar-refractivity contribution >= 4 is 23.3 Å². The summed E-state index contributed by atoms with van der Waals surface area (Å²) in [4.78, 5) is 21.4. The van der Waals surface area contributed by atoms with Gasteiger partial charge in [-0.2, -0.15) is 0 Å². The van der Waals surface area contributed by atoms with Crippen LogP contribution in [-0.4, -0.2) is 52.7 Å². The SMILES string of the molecule is O=C1N([C@H]2CC[C@H](O)CC2)CCC12CCCN(c1ncc(Cl)cc1F)C2. The van der Waals surface area contributed by atoms with Crippen molar-refractivity contribution in [1.29, 1.82) is 0 Å². The number of halogens is 2. The number of rotatable bonds is 2. The number of hydrogen-bond donors (Lipinski definition) is 1. The Labute approximate surface area is 158 Å². The topological polar surface area (TPSA) is 56.7 Å². The first-order valence-corrected chi connectivity index (χ1v) is 9.91. The van der Waals surface area contributed by atoms with Crippen molar-refractivity contribution in [2.24, 2.45) is 5.41 Å². The fourth-order valence-corrected chi connectivity index (χ4v) is 5.04. The number of nitrogens with zero attached hydrogens (tertiary/aromatic N) is 3. The second-order valence-electron chi connectivity index (χ2n) is 7.98. The zero-order valence-electron chi connectivity index (χ0n) is 14.8. The van der Waals surface area contributed by atoms with Gasteiger partial charge in [0, 0.05) is 31.9 Å². The molecule has 0 bridgehead atoms. The highest BCUT2D eigenvalue weighted by Gasteiger charge is 2.51. The third-order valence-electron chi connectivity index (χ3n) is 6.32. The molecule has 4 rings (SSSR count). The number of aliphatic hydroxyl groups is 1. The number of aliphatic hydroxyl groups excluding tert-OH is 1. The van der Waals surface area contributed by atoms with E-state index in [4.69, 9.17) is 11.6 Å². The molecule has 2 aliphatic heterocycles. The normalized spacial score (nSPS) is 32.5. The van der Waals surface area contributed by atoms with Crippen LogP contribution in [0.1, 0.15) is 44.9 Å². The molecule has 3 fully saturated rings. The molecule has 3 aliphatic rings. The summed E-state index contributed by atoms with van der Waals surface area (Å²) in [6.07, 6.45) is 7.05. The highest BCUT2D eigenvalue weighted by atomic mass is 35.5. The lowest BCUT2D eigenvalue weighted by atomic mass is 9.78. The van der Waals surface area contributed by atoms with Gasteiger partial charge in [-0.25, -0.2) is 9.37 Å². The molecule has 7 heteroatoms. The Morgan fingerprint density at radius 2 is 2.00 bits per heavy atom. The van der Waals surface area contributed by atoms with Crippen molar-refractivity contribution < 1.29 is 14.3 Å². The zero-order chi connectivity index (χ0) is 18.3. The summed E-state index contributed by atoms with van der Waals surface area (Å²) in [6, 6.07) is 1.52. The van der Waals surface area contributed by atoms with Gasteiger partial charge in [0.2, 0.25) is 5.91 Å². The summed E-state index contributed by atoms with van der Waals surface area (Å²) in [5, 5.41) is 10.0. The van der Waals surface area contributed by atoms with Gasteiger partial charge in [-0.3, -0.25) is 4.79 Å². The first kappa shape index (κ1) is 18.0. The van der Waals surface area contributed by atoms with Gasteiger partial charge in [-0.1, -0.05) is 11.6 Å². The fourth-order valence-electron chi connectivity index (χ4n) is 4.90. The minimum Gasteiger partial charge on any atom is -0.393 e. The lowest BCUT2D eigenvalue weighted by molar-refractivity contribution is -0.139. The molecule has 0 radical (unpaired) electrons. The largest absolute Gasteiger partial charge is 0.393 e. The van der Waals surface area contributed by atoms with Crippen LogP contribution in [0.3, 0.4) is 0 Å². The van der Waals surface area contributed by atoms with E-state index in [-0.39, 0.29) is 23.1 Å². The van der Waals surface area contributed by atoms with Crippen molar-refractivity contribution in [3.05, 3.63) is 23.1 Å². The average molecular weight is 382 g/mol. The van der Waals surface area contributed by atoms with Crippen LogP contribution in [0, 0.1) is 11.2 Å². The molecule has 1 aromatic rings. The number of amides is 1. The Morgan fingerprint density at radius 1 is 1.23 bits per heavy atom. The Hall–Kier alpha value is -1.40. The second kappa shape index (κ2) is 6.97. The summed E-state index contributed by atoms with van der Waals surface area (Å²) >= 11 is 5.82. The highest BCUT2D eigenvalue weighted by Crippen LogP contribution is 2.43. The van der Waals surface area contributed by atoms with E-state index >= 15 is 0 Å². The van der Waals surface area contributed by atoms with Crippen LogP contribution >= 0.6 is 11.6 Å². The standard InChI is InChI=1S/C19H25ClFN3O2/c20-13-10-16(21)17(22-11-13)23-8-1-6-19(12-23)7-9-24(18(19)26)14-2-4-15(25)5-3-14/h10-11,14-15,25H,1-9,12H2/t14-,15-,19?. The van der Waals surface area contributed by atoms with Gasteiger partial charge in [-0.05, 0) is 51.0 Å². The Morgan fingerprint density at radius 3 is 2.73 bits per heavy atom. The van der Waals surface area contributed by atoms with E-state index in [9.17, 15) is 14.3 Å². The molecule has 3 heterocycles. The van der Waals surface area contributed by atoms with Crippen molar-refractivity contribution in [3.63, 3.8) is 0 Å². The predicted molar refractivity (Wildman–Crippen MR) is 97.7 cm³/mol. The van der Waals surface area contributed by atoms with Crippen LogP contribution in [0.2, 0.25) is 5.02 Å². The minimum atomic E-state index is -0.432. The van der Waals surface area contributed by atoms with Gasteiger partial charge in [0.1, 0.15) is 0 Å². The van der Waals surface area contributed by atoms with Gasteiger partial charge < -0.3 is 14.9 Å². The number of carbonyl (C=O) groups excluding carboxylic acids is 1. The van der Waals surface area contributed by atoms with Gasteiger partial charge in [0.05, 0.1) is 16.5 Å². The first-order valence-electron chi connectivity index (χ1n) is 9.54. The molecule has 5 nitrogen and oxygen atoms in total. The summed E-state index contributed by atoms with van der Waals surface area (Å²) in [5.74, 6) is 0.0663. The number of piperidine rings is 1. The van der Waals surface area contributed by atoms with Crippen LogP contribution in [0.5, 0.6) is 0 Å². The molecular formula is C19H25ClFN3O2. The lowest BCUT2D eigenvalue weighted by Gasteiger charge is -2.41. The molecule has 1 aromatic heterocycles. The molecule has 1 amide bonds. The third kappa shape index (κ3) is 3.18. The molecular weight excluding hydrogens is 357 g/mol. The summed E-state index contributed by atoms with van der Waals surface area (Å²) < 4.78 is 14.3. The minimum absolute atomic E-state index is 0.206. The maximum Gasteiger partial charge on any atom is 0.230 e. The zero-order valence-corrected chi connectivity index (χ0v) is 15.6. The lowest BCUT2D eigenvalue weighted by Crippen LogP contribution is -2.50. The van der Waals surface area contributed by atoms with Crippen LogP contribution in [0.4, 0.5) is 10.2 Å². The fraction of sp³-hybridized carbons (Fsp3) is 0.684. The molecule has 0 aromatic carbocycles. The number of hydrogen-bond acceptors (Lipinski definition) is 4. The maximum atomic E-state index is 14.3. The summed E-state index contributed by atoms with van der Waals surface area (Å²) in [5.41, 5.74) is -0.429. The van der Waals surface area contributed by atoms with Gasteiger partial charge in [0.15, 0.2) is 11.6 Å². The highest BCUT2D eigenvalue weighted by molar-refractivity contribution is 6.30. The van der Waals surface area contributed by atoms with Crippen LogP contribution in [-0.2, 0) is 4.79 Å². The van der Waals surface area contributed by atoms with Crippen molar-refractivity contribution in [2.75, 3.05) is 24.5 Å². The molecule has 142 valence electrons. The second-order valence-corrected chi connectivity index (χ2v) is 8.41. The van der Waals surface area contributed by atoms with E-state index in [1.54, 1.807) is 0 Å². The van der Waals surface area contributed by atoms with Crippen LogP contribution in [0.15, 0.2) is 12.3 Å². The van der Waals surface area contributed by atoms with Crippen molar-refractivity contribution in [1.82, 2.24) is 9.88 Å². The molecule has 1 N–H and O–H groups in total. The Kier molecular flexibility index (Phi) is 4.82. The molecule has 1 spiro atoms. The van der Waals surface area contributed by atoms with E-state index in [0.717, 1.165) is 51.5 Å². The number of pyridine rings is 1. The van der Waals surface area contributed by atoms with E-state index in [1.165, 1.54) is 12.3 Å². The third-order valence-corrected chi connectivity index (χ3v) is 6.52. The van der Waals surface area contributed by atoms with Gasteiger partial charge in [-0.15, -0.1) is 0 Å². The number of anilines is 1. The number of aromatic nitrogens is 1. The van der Waals surface area contributed by atoms with Gasteiger partial charge in [0.25, 0.3) is 0 Å². The summed E-state index contributed by atoms with van der Waals surface area (Å²) in [6.45, 7) is 1.99.